The summed E-state index contributed by atoms with van der Waals surface area (Å²) in [6.07, 6.45) is 0. The molecule has 0 heterocycles. The predicted octanol–water partition coefficient (Wildman–Crippen LogP) is 3.56. The van der Waals surface area contributed by atoms with Crippen LogP contribution in [-0.4, -0.2) is 35.5 Å². The van der Waals surface area contributed by atoms with Gasteiger partial charge >= 0.3 is 0 Å². The summed E-state index contributed by atoms with van der Waals surface area (Å²) in [5, 5.41) is 2.60. The van der Waals surface area contributed by atoms with Gasteiger partial charge in [0.1, 0.15) is 0 Å². The normalized spacial score (nSPS) is 11.7. The molecular formula is C22H22N2O5S2. The fourth-order valence-electron chi connectivity index (χ4n) is 2.90. The number of amides is 1. The maximum Gasteiger partial charge on any atom is 0.264 e. The number of nitrogens with zero attached hydrogens (tertiary/aromatic N) is 1. The third-order valence-electron chi connectivity index (χ3n) is 4.75. The molecule has 1 amide bonds. The van der Waals surface area contributed by atoms with Gasteiger partial charge in [0.15, 0.2) is 9.84 Å². The molecule has 0 unspecified atom stereocenters. The van der Waals surface area contributed by atoms with Crippen LogP contribution in [-0.2, 0) is 19.9 Å². The lowest BCUT2D eigenvalue weighted by atomic mass is 10.2. The third-order valence-corrected chi connectivity index (χ3v) is 8.33. The first-order valence-corrected chi connectivity index (χ1v) is 12.5. The third kappa shape index (κ3) is 4.78. The fourth-order valence-corrected chi connectivity index (χ4v) is 5.15. The zero-order valence-electron chi connectivity index (χ0n) is 17.0. The quantitative estimate of drug-likeness (QED) is 0.583. The summed E-state index contributed by atoms with van der Waals surface area (Å²) in [7, 11) is -5.86. The molecule has 3 aromatic rings. The zero-order chi connectivity index (χ0) is 22.6. The molecule has 31 heavy (non-hydrogen) atoms. The number of sulfonamides is 1. The van der Waals surface area contributed by atoms with Gasteiger partial charge < -0.3 is 5.32 Å². The average Bonchev–Trinajstić information content (AvgIpc) is 2.79. The first-order chi connectivity index (χ1) is 14.7. The van der Waals surface area contributed by atoms with E-state index in [4.69, 9.17) is 0 Å². The molecule has 0 radical (unpaired) electrons. The molecule has 9 heteroatoms. The standard InChI is InChI=1S/C22H22N2O5S2/c1-3-30(26,27)21-12-8-7-11-20(21)23-22(25)17-13-15-19(16-14-17)31(28,29)24(2)18-9-5-4-6-10-18/h4-16H,3H2,1-2H3,(H,23,25). The van der Waals surface area contributed by atoms with E-state index < -0.39 is 25.8 Å². The van der Waals surface area contributed by atoms with Gasteiger partial charge in [-0.2, -0.15) is 0 Å². The van der Waals surface area contributed by atoms with Gasteiger partial charge in [-0.15, -0.1) is 0 Å². The Morgan fingerprint density at radius 2 is 1.42 bits per heavy atom. The van der Waals surface area contributed by atoms with Gasteiger partial charge in [-0.05, 0) is 48.5 Å². The first kappa shape index (κ1) is 22.5. The van der Waals surface area contributed by atoms with E-state index in [9.17, 15) is 21.6 Å². The van der Waals surface area contributed by atoms with E-state index in [0.717, 1.165) is 4.31 Å². The highest BCUT2D eigenvalue weighted by molar-refractivity contribution is 7.92. The smallest absolute Gasteiger partial charge is 0.264 e. The largest absolute Gasteiger partial charge is 0.321 e. The number of carbonyl (C=O) groups excluding carboxylic acids is 1. The summed E-state index contributed by atoms with van der Waals surface area (Å²) < 4.78 is 51.4. The summed E-state index contributed by atoms with van der Waals surface area (Å²) >= 11 is 0. The van der Waals surface area contributed by atoms with Crippen LogP contribution < -0.4 is 9.62 Å². The van der Waals surface area contributed by atoms with Crippen LogP contribution in [0.25, 0.3) is 0 Å². The number of para-hydroxylation sites is 2. The Morgan fingerprint density at radius 1 is 0.839 bits per heavy atom. The van der Waals surface area contributed by atoms with Crippen molar-refractivity contribution >= 4 is 37.1 Å². The van der Waals surface area contributed by atoms with E-state index in [-0.39, 0.29) is 26.8 Å². The van der Waals surface area contributed by atoms with Crippen molar-refractivity contribution in [3.05, 3.63) is 84.4 Å². The van der Waals surface area contributed by atoms with Crippen molar-refractivity contribution in [1.29, 1.82) is 0 Å². The van der Waals surface area contributed by atoms with Crippen LogP contribution in [0.3, 0.4) is 0 Å². The lowest BCUT2D eigenvalue weighted by molar-refractivity contribution is 0.102. The van der Waals surface area contributed by atoms with E-state index in [1.807, 2.05) is 0 Å². The van der Waals surface area contributed by atoms with Gasteiger partial charge in [-0.1, -0.05) is 37.3 Å². The van der Waals surface area contributed by atoms with Gasteiger partial charge in [0.05, 0.1) is 26.9 Å². The van der Waals surface area contributed by atoms with E-state index >= 15 is 0 Å². The number of hydrogen-bond donors (Lipinski definition) is 1. The van der Waals surface area contributed by atoms with Crippen LogP contribution in [0.4, 0.5) is 11.4 Å². The molecule has 0 aromatic heterocycles. The first-order valence-electron chi connectivity index (χ1n) is 9.44. The summed E-state index contributed by atoms with van der Waals surface area (Å²) in [5.74, 6) is -0.638. The van der Waals surface area contributed by atoms with Crippen molar-refractivity contribution in [2.45, 2.75) is 16.7 Å². The number of rotatable bonds is 7. The number of carbonyl (C=O) groups is 1. The molecule has 0 saturated carbocycles. The molecule has 0 fully saturated rings. The Hall–Kier alpha value is -3.17. The number of nitrogens with one attached hydrogen (secondary N) is 1. The van der Waals surface area contributed by atoms with Gasteiger partial charge in [-0.3, -0.25) is 9.10 Å². The van der Waals surface area contributed by atoms with Gasteiger partial charge in [0.25, 0.3) is 15.9 Å². The van der Waals surface area contributed by atoms with Gasteiger partial charge in [0.2, 0.25) is 0 Å². The van der Waals surface area contributed by atoms with Crippen molar-refractivity contribution in [3.8, 4) is 0 Å². The molecule has 0 atom stereocenters. The molecular weight excluding hydrogens is 436 g/mol. The minimum atomic E-state index is -3.80. The van der Waals surface area contributed by atoms with Crippen LogP contribution in [0.15, 0.2) is 88.7 Å². The number of anilines is 2. The minimum absolute atomic E-state index is 0.0318. The maximum atomic E-state index is 12.9. The zero-order valence-corrected chi connectivity index (χ0v) is 18.7. The average molecular weight is 459 g/mol. The molecule has 0 bridgehead atoms. The summed E-state index contributed by atoms with van der Waals surface area (Å²) in [6, 6.07) is 20.3. The van der Waals surface area contributed by atoms with Gasteiger partial charge in [-0.25, -0.2) is 16.8 Å². The van der Waals surface area contributed by atoms with Crippen molar-refractivity contribution < 1.29 is 21.6 Å². The van der Waals surface area contributed by atoms with Crippen molar-refractivity contribution in [2.75, 3.05) is 22.4 Å². The summed E-state index contributed by atoms with van der Waals surface area (Å²) in [4.78, 5) is 12.7. The van der Waals surface area contributed by atoms with Crippen LogP contribution in [0, 0.1) is 0 Å². The lowest BCUT2D eigenvalue weighted by Gasteiger charge is -2.19. The Kier molecular flexibility index (Phi) is 6.47. The number of sulfone groups is 1. The van der Waals surface area contributed by atoms with Crippen LogP contribution in [0.5, 0.6) is 0 Å². The Bertz CT molecular complexity index is 1290. The molecule has 0 aliphatic rings. The molecule has 1 N–H and O–H groups in total. The highest BCUT2D eigenvalue weighted by atomic mass is 32.2. The van der Waals surface area contributed by atoms with Crippen LogP contribution in [0.2, 0.25) is 0 Å². The topological polar surface area (TPSA) is 101 Å². The maximum absolute atomic E-state index is 12.9. The molecule has 0 aliphatic heterocycles. The Labute approximate surface area is 182 Å². The molecule has 0 aliphatic carbocycles. The van der Waals surface area contributed by atoms with Crippen molar-refractivity contribution in [2.24, 2.45) is 0 Å². The second-order valence-electron chi connectivity index (χ2n) is 6.69. The highest BCUT2D eigenvalue weighted by Gasteiger charge is 2.22. The number of hydrogen-bond acceptors (Lipinski definition) is 5. The van der Waals surface area contributed by atoms with Crippen molar-refractivity contribution in [3.63, 3.8) is 0 Å². The van der Waals surface area contributed by atoms with E-state index in [2.05, 4.69) is 5.32 Å². The second-order valence-corrected chi connectivity index (χ2v) is 10.9. The number of benzene rings is 3. The fraction of sp³-hybridized carbons (Fsp3) is 0.136. The molecule has 3 aromatic carbocycles. The summed E-state index contributed by atoms with van der Waals surface area (Å²) in [5.41, 5.74) is 0.887. The summed E-state index contributed by atoms with van der Waals surface area (Å²) in [6.45, 7) is 1.53. The molecule has 0 saturated heterocycles. The Balaban J connectivity index is 1.84. The van der Waals surface area contributed by atoms with E-state index in [0.29, 0.717) is 5.69 Å². The molecule has 7 nitrogen and oxygen atoms in total. The minimum Gasteiger partial charge on any atom is -0.321 e. The Morgan fingerprint density at radius 3 is 2.03 bits per heavy atom. The van der Waals surface area contributed by atoms with Gasteiger partial charge in [0, 0.05) is 12.6 Å². The SMILES string of the molecule is CCS(=O)(=O)c1ccccc1NC(=O)c1ccc(S(=O)(=O)N(C)c2ccccc2)cc1. The van der Waals surface area contributed by atoms with E-state index in [1.165, 1.54) is 50.4 Å². The molecule has 162 valence electrons. The molecule has 3 rings (SSSR count). The van der Waals surface area contributed by atoms with E-state index in [1.54, 1.807) is 42.5 Å². The van der Waals surface area contributed by atoms with Crippen molar-refractivity contribution in [1.82, 2.24) is 0 Å². The van der Waals surface area contributed by atoms with Crippen LogP contribution in [0.1, 0.15) is 17.3 Å². The monoisotopic (exact) mass is 458 g/mol. The second kappa shape index (κ2) is 8.91. The molecule has 0 spiro atoms. The predicted molar refractivity (Wildman–Crippen MR) is 121 cm³/mol. The highest BCUT2D eigenvalue weighted by Crippen LogP contribution is 2.24. The lowest BCUT2D eigenvalue weighted by Crippen LogP contribution is -2.26. The van der Waals surface area contributed by atoms with Crippen LogP contribution >= 0.6 is 0 Å².